The van der Waals surface area contributed by atoms with Gasteiger partial charge in [-0.3, -0.25) is 14.1 Å². The Hall–Kier alpha value is -2.76. The molecule has 1 aromatic carbocycles. The SMILES string of the molecule is Cc1c(Sc2ccccn2)ccc(S(=O)(=O)O)c1C(=O)ON1C(=O)CCC1=O. The average Bonchev–Trinajstić information content (AvgIpc) is 2.95. The molecule has 0 spiro atoms. The molecular formula is C17H14N2O7S2. The number of hydrogen-bond acceptors (Lipinski definition) is 8. The number of carbonyl (C=O) groups is 3. The topological polar surface area (TPSA) is 131 Å². The van der Waals surface area contributed by atoms with Gasteiger partial charge in [0.15, 0.2) is 0 Å². The van der Waals surface area contributed by atoms with Crippen LogP contribution in [0.2, 0.25) is 0 Å². The van der Waals surface area contributed by atoms with Gasteiger partial charge >= 0.3 is 5.97 Å². The van der Waals surface area contributed by atoms with Gasteiger partial charge in [0.2, 0.25) is 0 Å². The van der Waals surface area contributed by atoms with Gasteiger partial charge in [0.05, 0.1) is 5.56 Å². The van der Waals surface area contributed by atoms with E-state index >= 15 is 0 Å². The van der Waals surface area contributed by atoms with Crippen LogP contribution >= 0.6 is 11.8 Å². The highest BCUT2D eigenvalue weighted by Gasteiger charge is 2.35. The van der Waals surface area contributed by atoms with Crippen molar-refractivity contribution in [3.05, 3.63) is 47.7 Å². The molecule has 11 heteroatoms. The van der Waals surface area contributed by atoms with Crippen molar-refractivity contribution in [1.82, 2.24) is 10.0 Å². The van der Waals surface area contributed by atoms with Crippen molar-refractivity contribution < 1.29 is 32.2 Å². The molecule has 1 aliphatic heterocycles. The first-order chi connectivity index (χ1) is 13.2. The third-order valence-corrected chi connectivity index (χ3v) is 5.90. The van der Waals surface area contributed by atoms with Crippen LogP contribution in [0.5, 0.6) is 0 Å². The Morgan fingerprint density at radius 3 is 2.43 bits per heavy atom. The summed E-state index contributed by atoms with van der Waals surface area (Å²) in [5, 5.41) is 0.906. The second-order valence-electron chi connectivity index (χ2n) is 5.77. The van der Waals surface area contributed by atoms with Crippen molar-refractivity contribution in [1.29, 1.82) is 0 Å². The van der Waals surface area contributed by atoms with Crippen molar-refractivity contribution in [2.75, 3.05) is 0 Å². The molecule has 0 atom stereocenters. The van der Waals surface area contributed by atoms with Gasteiger partial charge in [-0.2, -0.15) is 8.42 Å². The maximum atomic E-state index is 12.6. The fraction of sp³-hybridized carbons (Fsp3) is 0.176. The van der Waals surface area contributed by atoms with Gasteiger partial charge in [0, 0.05) is 23.9 Å². The van der Waals surface area contributed by atoms with Gasteiger partial charge in [-0.15, -0.1) is 5.06 Å². The van der Waals surface area contributed by atoms with E-state index in [1.807, 2.05) is 0 Å². The highest BCUT2D eigenvalue weighted by atomic mass is 32.2. The van der Waals surface area contributed by atoms with Gasteiger partial charge in [-0.05, 0) is 36.8 Å². The number of nitrogens with zero attached hydrogens (tertiary/aromatic N) is 2. The van der Waals surface area contributed by atoms with E-state index in [0.29, 0.717) is 15.0 Å². The monoisotopic (exact) mass is 422 g/mol. The van der Waals surface area contributed by atoms with Crippen molar-refractivity contribution in [2.45, 2.75) is 34.6 Å². The average molecular weight is 422 g/mol. The van der Waals surface area contributed by atoms with E-state index < -0.39 is 38.4 Å². The molecule has 1 fully saturated rings. The number of imide groups is 1. The summed E-state index contributed by atoms with van der Waals surface area (Å²) in [7, 11) is -4.77. The zero-order valence-corrected chi connectivity index (χ0v) is 16.1. The zero-order valence-electron chi connectivity index (χ0n) is 14.5. The van der Waals surface area contributed by atoms with Gasteiger partial charge in [0.1, 0.15) is 9.92 Å². The number of pyridine rings is 1. The fourth-order valence-electron chi connectivity index (χ4n) is 2.55. The zero-order chi connectivity index (χ0) is 20.5. The van der Waals surface area contributed by atoms with Gasteiger partial charge in [-0.1, -0.05) is 17.8 Å². The van der Waals surface area contributed by atoms with E-state index in [-0.39, 0.29) is 18.4 Å². The summed E-state index contributed by atoms with van der Waals surface area (Å²) in [6.45, 7) is 1.46. The van der Waals surface area contributed by atoms with E-state index in [2.05, 4.69) is 4.98 Å². The number of hydrogen-bond donors (Lipinski definition) is 1. The highest BCUT2D eigenvalue weighted by molar-refractivity contribution is 7.99. The Balaban J connectivity index is 2.03. The Bertz CT molecular complexity index is 1050. The molecule has 0 unspecified atom stereocenters. The van der Waals surface area contributed by atoms with Gasteiger partial charge in [-0.25, -0.2) is 9.78 Å². The van der Waals surface area contributed by atoms with Crippen LogP contribution in [0.1, 0.15) is 28.8 Å². The van der Waals surface area contributed by atoms with E-state index in [1.54, 1.807) is 24.4 Å². The summed E-state index contributed by atoms with van der Waals surface area (Å²) in [5.41, 5.74) is -0.272. The second-order valence-corrected chi connectivity index (χ2v) is 8.22. The molecule has 1 saturated heterocycles. The molecular weight excluding hydrogens is 408 g/mol. The quantitative estimate of drug-likeness (QED) is 0.568. The van der Waals surface area contributed by atoms with E-state index in [4.69, 9.17) is 4.84 Å². The van der Waals surface area contributed by atoms with Crippen molar-refractivity contribution >= 4 is 39.7 Å². The van der Waals surface area contributed by atoms with Gasteiger partial charge < -0.3 is 4.84 Å². The second kappa shape index (κ2) is 7.70. The lowest BCUT2D eigenvalue weighted by atomic mass is 10.1. The first-order valence-corrected chi connectivity index (χ1v) is 10.2. The van der Waals surface area contributed by atoms with Crippen LogP contribution in [0.25, 0.3) is 0 Å². The van der Waals surface area contributed by atoms with Crippen molar-refractivity contribution in [3.63, 3.8) is 0 Å². The molecule has 0 saturated carbocycles. The largest absolute Gasteiger partial charge is 0.365 e. The Labute approximate surface area is 164 Å². The first kappa shape index (κ1) is 20.0. The standard InChI is InChI=1S/C17H14N2O7S2/c1-10-11(27-13-4-2-3-9-18-13)5-6-12(28(23,24)25)16(10)17(22)26-19-14(20)7-8-15(19)21/h2-6,9H,7-8H2,1H3,(H,23,24,25). The molecule has 2 amide bonds. The minimum Gasteiger partial charge on any atom is -0.325 e. The summed E-state index contributed by atoms with van der Waals surface area (Å²) < 4.78 is 32.9. The molecule has 0 radical (unpaired) electrons. The molecule has 2 heterocycles. The highest BCUT2D eigenvalue weighted by Crippen LogP contribution is 2.34. The maximum absolute atomic E-state index is 12.6. The van der Waals surface area contributed by atoms with Gasteiger partial charge in [0.25, 0.3) is 21.9 Å². The van der Waals surface area contributed by atoms with Crippen molar-refractivity contribution in [3.8, 4) is 0 Å². The normalized spacial score (nSPS) is 14.4. The number of aromatic nitrogens is 1. The predicted octanol–water partition coefficient (Wildman–Crippen LogP) is 2.01. The number of hydroxylamine groups is 2. The molecule has 28 heavy (non-hydrogen) atoms. The lowest BCUT2D eigenvalue weighted by Crippen LogP contribution is -2.32. The predicted molar refractivity (Wildman–Crippen MR) is 95.9 cm³/mol. The Kier molecular flexibility index (Phi) is 5.49. The lowest BCUT2D eigenvalue weighted by Gasteiger charge is -2.16. The number of rotatable bonds is 5. The molecule has 1 N–H and O–H groups in total. The Morgan fingerprint density at radius 2 is 1.86 bits per heavy atom. The van der Waals surface area contributed by atoms with Crippen LogP contribution in [0.15, 0.2) is 51.3 Å². The molecule has 146 valence electrons. The smallest absolute Gasteiger partial charge is 0.325 e. The summed E-state index contributed by atoms with van der Waals surface area (Å²) in [6.07, 6.45) is 1.36. The first-order valence-electron chi connectivity index (χ1n) is 7.96. The molecule has 2 aromatic rings. The molecule has 0 aliphatic carbocycles. The summed E-state index contributed by atoms with van der Waals surface area (Å²) in [4.78, 5) is 44.8. The molecule has 0 bridgehead atoms. The van der Waals surface area contributed by atoms with Crippen molar-refractivity contribution in [2.24, 2.45) is 0 Å². The van der Waals surface area contributed by atoms with Crippen LogP contribution in [-0.4, -0.2) is 40.8 Å². The molecule has 1 aliphatic rings. The minimum absolute atomic E-state index is 0.105. The van der Waals surface area contributed by atoms with Crippen LogP contribution < -0.4 is 0 Å². The van der Waals surface area contributed by atoms with Crippen LogP contribution in [0.3, 0.4) is 0 Å². The van der Waals surface area contributed by atoms with E-state index in [1.165, 1.54) is 24.8 Å². The van der Waals surface area contributed by atoms with Crippen LogP contribution in [0, 0.1) is 6.92 Å². The molecule has 9 nitrogen and oxygen atoms in total. The fourth-order valence-corrected chi connectivity index (χ4v) is 4.16. The van der Waals surface area contributed by atoms with E-state index in [9.17, 15) is 27.4 Å². The third kappa shape index (κ3) is 4.06. The summed E-state index contributed by atoms with van der Waals surface area (Å²) >= 11 is 1.17. The molecule has 3 rings (SSSR count). The lowest BCUT2D eigenvalue weighted by molar-refractivity contribution is -0.172. The minimum atomic E-state index is -4.77. The number of amides is 2. The summed E-state index contributed by atoms with van der Waals surface area (Å²) in [6, 6.07) is 7.68. The third-order valence-electron chi connectivity index (χ3n) is 3.89. The van der Waals surface area contributed by atoms with Crippen LogP contribution in [0.4, 0.5) is 0 Å². The molecule has 1 aromatic heterocycles. The van der Waals surface area contributed by atoms with Crippen LogP contribution in [-0.2, 0) is 24.5 Å². The summed E-state index contributed by atoms with van der Waals surface area (Å²) in [5.74, 6) is -2.65. The maximum Gasteiger partial charge on any atom is 0.365 e. The number of benzene rings is 1. The van der Waals surface area contributed by atoms with E-state index in [0.717, 1.165) is 6.07 Å². The Morgan fingerprint density at radius 1 is 1.18 bits per heavy atom. The number of carbonyl (C=O) groups excluding carboxylic acids is 3.